The van der Waals surface area contributed by atoms with Gasteiger partial charge in [0.15, 0.2) is 12.4 Å². The molecular formula is C24H27N3O6S. The van der Waals surface area contributed by atoms with Crippen LogP contribution in [0.15, 0.2) is 45.8 Å². The van der Waals surface area contributed by atoms with Crippen LogP contribution in [0.5, 0.6) is 0 Å². The molecule has 0 saturated carbocycles. The lowest BCUT2D eigenvalue weighted by Gasteiger charge is -2.22. The summed E-state index contributed by atoms with van der Waals surface area (Å²) in [5.41, 5.74) is 2.78. The summed E-state index contributed by atoms with van der Waals surface area (Å²) in [5, 5.41) is 4.00. The summed E-state index contributed by atoms with van der Waals surface area (Å²) in [4.78, 5) is 25.8. The third-order valence-corrected chi connectivity index (χ3v) is 7.95. The first-order valence-corrected chi connectivity index (χ1v) is 12.4. The zero-order valence-electron chi connectivity index (χ0n) is 19.6. The second-order valence-corrected chi connectivity index (χ2v) is 10.4. The number of ketones is 1. The molecule has 4 rings (SSSR count). The van der Waals surface area contributed by atoms with E-state index in [0.29, 0.717) is 35.7 Å². The molecule has 1 aromatic carbocycles. The van der Waals surface area contributed by atoms with Gasteiger partial charge in [0, 0.05) is 29.6 Å². The highest BCUT2D eigenvalue weighted by atomic mass is 32.2. The Morgan fingerprint density at radius 3 is 2.47 bits per heavy atom. The van der Waals surface area contributed by atoms with E-state index in [9.17, 15) is 18.0 Å². The lowest BCUT2D eigenvalue weighted by atomic mass is 10.1. The molecule has 1 aliphatic heterocycles. The van der Waals surface area contributed by atoms with Gasteiger partial charge in [-0.3, -0.25) is 14.2 Å². The summed E-state index contributed by atoms with van der Waals surface area (Å²) in [7, 11) is -3.85. The van der Waals surface area contributed by atoms with Crippen LogP contribution in [0.3, 0.4) is 0 Å². The van der Waals surface area contributed by atoms with Gasteiger partial charge in [0.25, 0.3) is 0 Å². The van der Waals surface area contributed by atoms with Crippen LogP contribution in [0.25, 0.3) is 5.82 Å². The number of ether oxygens (including phenoxy) is 1. The zero-order chi connectivity index (χ0) is 24.6. The first kappa shape index (κ1) is 23.9. The smallest absolute Gasteiger partial charge is 0.324 e. The van der Waals surface area contributed by atoms with Crippen LogP contribution in [0, 0.1) is 27.7 Å². The summed E-state index contributed by atoms with van der Waals surface area (Å²) in [5.74, 6) is 0.110. The second kappa shape index (κ2) is 9.19. The molecule has 34 heavy (non-hydrogen) atoms. The molecule has 9 nitrogen and oxygen atoms in total. The van der Waals surface area contributed by atoms with Crippen molar-refractivity contribution in [2.45, 2.75) is 51.5 Å². The lowest BCUT2D eigenvalue weighted by Crippen LogP contribution is -2.41. The molecule has 0 unspecified atom stereocenters. The fourth-order valence-corrected chi connectivity index (χ4v) is 5.92. The minimum absolute atomic E-state index is 0.129. The Labute approximate surface area is 198 Å². The maximum Gasteiger partial charge on any atom is 0.324 e. The molecule has 1 atom stereocenters. The zero-order valence-corrected chi connectivity index (χ0v) is 20.4. The number of aryl methyl sites for hydroxylation is 3. The van der Waals surface area contributed by atoms with Crippen molar-refractivity contribution in [3.8, 4) is 5.82 Å². The highest BCUT2D eigenvalue weighted by Crippen LogP contribution is 2.27. The van der Waals surface area contributed by atoms with Crippen LogP contribution >= 0.6 is 0 Å². The highest BCUT2D eigenvalue weighted by molar-refractivity contribution is 7.89. The molecule has 1 fully saturated rings. The van der Waals surface area contributed by atoms with E-state index in [1.54, 1.807) is 42.7 Å². The van der Waals surface area contributed by atoms with Crippen molar-refractivity contribution in [1.29, 1.82) is 0 Å². The van der Waals surface area contributed by atoms with E-state index in [0.717, 1.165) is 11.3 Å². The number of carbonyl (C=O) groups excluding carboxylic acids is 2. The number of hydrogen-bond donors (Lipinski definition) is 0. The van der Waals surface area contributed by atoms with E-state index in [-0.39, 0.29) is 17.2 Å². The summed E-state index contributed by atoms with van der Waals surface area (Å²) < 4.78 is 39.5. The van der Waals surface area contributed by atoms with E-state index in [1.165, 1.54) is 16.4 Å². The van der Waals surface area contributed by atoms with Gasteiger partial charge in [-0.2, -0.15) is 4.31 Å². The number of esters is 1. The average molecular weight is 486 g/mol. The van der Waals surface area contributed by atoms with Crippen molar-refractivity contribution in [2.24, 2.45) is 0 Å². The monoisotopic (exact) mass is 485 g/mol. The normalized spacial score (nSPS) is 16.6. The predicted molar refractivity (Wildman–Crippen MR) is 123 cm³/mol. The van der Waals surface area contributed by atoms with Gasteiger partial charge in [-0.15, -0.1) is 0 Å². The molecule has 0 bridgehead atoms. The predicted octanol–water partition coefficient (Wildman–Crippen LogP) is 3.28. The Morgan fingerprint density at radius 1 is 1.12 bits per heavy atom. The molecule has 2 aromatic heterocycles. The van der Waals surface area contributed by atoms with Crippen LogP contribution in [-0.4, -0.2) is 53.4 Å². The maximum atomic E-state index is 13.1. The molecule has 3 aromatic rings. The standard InChI is InChI=1S/C24H27N3O6S/c1-15-7-9-19(10-8-15)34(30,31)26-11-5-6-21(26)24(29)32-14-22(28)20-12-16(2)27(18(20)4)23-13-17(3)33-25-23/h7-10,12-13,21H,5-6,11,14H2,1-4H3/t21-/m0/s1. The third-order valence-electron chi connectivity index (χ3n) is 6.03. The van der Waals surface area contributed by atoms with Crippen molar-refractivity contribution >= 4 is 21.8 Å². The molecule has 3 heterocycles. The fraction of sp³-hybridized carbons (Fsp3) is 0.375. The number of Topliss-reactive ketones (excluding diaryl/α,β-unsaturated/α-hetero) is 1. The Hall–Kier alpha value is -3.24. The Balaban J connectivity index is 1.46. The van der Waals surface area contributed by atoms with Crippen LogP contribution in [0.4, 0.5) is 0 Å². The number of carbonyl (C=O) groups is 2. The maximum absolute atomic E-state index is 13.1. The minimum Gasteiger partial charge on any atom is -0.456 e. The van der Waals surface area contributed by atoms with Crippen molar-refractivity contribution in [1.82, 2.24) is 14.0 Å². The average Bonchev–Trinajstić information content (AvgIpc) is 3.51. The van der Waals surface area contributed by atoms with Crippen LogP contribution in [-0.2, 0) is 19.6 Å². The van der Waals surface area contributed by atoms with E-state index < -0.39 is 28.6 Å². The van der Waals surface area contributed by atoms with Gasteiger partial charge in [0.2, 0.25) is 15.8 Å². The lowest BCUT2D eigenvalue weighted by molar-refractivity contribution is -0.146. The number of rotatable bonds is 7. The number of sulfonamides is 1. The second-order valence-electron chi connectivity index (χ2n) is 8.53. The Morgan fingerprint density at radius 2 is 1.82 bits per heavy atom. The number of benzene rings is 1. The summed E-state index contributed by atoms with van der Waals surface area (Å²) in [6, 6.07) is 9.00. The van der Waals surface area contributed by atoms with Crippen molar-refractivity contribution in [3.05, 3.63) is 64.7 Å². The molecule has 0 N–H and O–H groups in total. The molecule has 1 aliphatic rings. The largest absolute Gasteiger partial charge is 0.456 e. The van der Waals surface area contributed by atoms with E-state index >= 15 is 0 Å². The van der Waals surface area contributed by atoms with E-state index in [2.05, 4.69) is 5.16 Å². The Bertz CT molecular complexity index is 1340. The molecule has 0 radical (unpaired) electrons. The topological polar surface area (TPSA) is 112 Å². The fourth-order valence-electron chi connectivity index (χ4n) is 4.28. The van der Waals surface area contributed by atoms with E-state index in [4.69, 9.17) is 9.26 Å². The van der Waals surface area contributed by atoms with Crippen LogP contribution in [0.2, 0.25) is 0 Å². The third kappa shape index (κ3) is 4.43. The van der Waals surface area contributed by atoms with Gasteiger partial charge in [0.05, 0.1) is 4.90 Å². The van der Waals surface area contributed by atoms with Crippen molar-refractivity contribution < 1.29 is 27.3 Å². The first-order valence-electron chi connectivity index (χ1n) is 11.0. The van der Waals surface area contributed by atoms with Crippen LogP contribution < -0.4 is 0 Å². The summed E-state index contributed by atoms with van der Waals surface area (Å²) in [6.45, 7) is 7.01. The molecule has 0 aliphatic carbocycles. The van der Waals surface area contributed by atoms with Gasteiger partial charge < -0.3 is 9.26 Å². The molecular weight excluding hydrogens is 458 g/mol. The number of aromatic nitrogens is 2. The van der Waals surface area contributed by atoms with E-state index in [1.807, 2.05) is 13.8 Å². The number of nitrogens with zero attached hydrogens (tertiary/aromatic N) is 3. The number of hydrogen-bond acceptors (Lipinski definition) is 7. The van der Waals surface area contributed by atoms with Crippen molar-refractivity contribution in [2.75, 3.05) is 13.2 Å². The molecule has 0 spiro atoms. The quantitative estimate of drug-likeness (QED) is 0.373. The van der Waals surface area contributed by atoms with Gasteiger partial charge in [-0.25, -0.2) is 8.42 Å². The summed E-state index contributed by atoms with van der Waals surface area (Å²) in [6.07, 6.45) is 0.884. The van der Waals surface area contributed by atoms with Gasteiger partial charge in [-0.1, -0.05) is 22.9 Å². The molecule has 180 valence electrons. The Kier molecular flexibility index (Phi) is 6.46. The SMILES string of the molecule is Cc1ccc(S(=O)(=O)N2CCC[C@H]2C(=O)OCC(=O)c2cc(C)n(-c3cc(C)on3)c2C)cc1. The first-order chi connectivity index (χ1) is 16.1. The molecule has 0 amide bonds. The molecule has 10 heteroatoms. The van der Waals surface area contributed by atoms with Crippen LogP contribution in [0.1, 0.15) is 45.9 Å². The highest BCUT2D eigenvalue weighted by Gasteiger charge is 2.40. The van der Waals surface area contributed by atoms with Gasteiger partial charge in [-0.05, 0) is 58.7 Å². The molecule has 1 saturated heterocycles. The van der Waals surface area contributed by atoms with Gasteiger partial charge >= 0.3 is 5.97 Å². The minimum atomic E-state index is -3.85. The van der Waals surface area contributed by atoms with Crippen molar-refractivity contribution in [3.63, 3.8) is 0 Å². The van der Waals surface area contributed by atoms with Gasteiger partial charge in [0.1, 0.15) is 11.8 Å². The summed E-state index contributed by atoms with van der Waals surface area (Å²) >= 11 is 0.